The van der Waals surface area contributed by atoms with Crippen LogP contribution in [0.5, 0.6) is 0 Å². The van der Waals surface area contributed by atoms with Gasteiger partial charge in [0.25, 0.3) is 0 Å². The van der Waals surface area contributed by atoms with E-state index in [1.807, 2.05) is 0 Å². The Morgan fingerprint density at radius 2 is 2.24 bits per heavy atom. The van der Waals surface area contributed by atoms with Gasteiger partial charge in [0.2, 0.25) is 5.91 Å². The van der Waals surface area contributed by atoms with E-state index in [1.54, 1.807) is 0 Å². The Morgan fingerprint density at radius 1 is 1.53 bits per heavy atom. The summed E-state index contributed by atoms with van der Waals surface area (Å²) < 4.78 is 6.25. The molecule has 0 aliphatic carbocycles. The second-order valence-electron chi connectivity index (χ2n) is 3.27. The molecule has 17 heavy (non-hydrogen) atoms. The normalized spacial score (nSPS) is 10.2. The van der Waals surface area contributed by atoms with Gasteiger partial charge in [-0.1, -0.05) is 5.21 Å². The SMILES string of the molecule is CNC(=O)CCn1nnc(C(=O)O)c1COC. The van der Waals surface area contributed by atoms with E-state index in [0.29, 0.717) is 5.69 Å². The summed E-state index contributed by atoms with van der Waals surface area (Å²) >= 11 is 0. The lowest BCUT2D eigenvalue weighted by molar-refractivity contribution is -0.120. The number of nitrogens with one attached hydrogen (secondary N) is 1. The molecule has 1 aromatic heterocycles. The van der Waals surface area contributed by atoms with E-state index in [9.17, 15) is 9.59 Å². The monoisotopic (exact) mass is 242 g/mol. The number of carboxylic acids is 1. The van der Waals surface area contributed by atoms with Gasteiger partial charge in [0.05, 0.1) is 18.8 Å². The molecule has 1 rings (SSSR count). The van der Waals surface area contributed by atoms with Crippen LogP contribution in [0.25, 0.3) is 0 Å². The van der Waals surface area contributed by atoms with Gasteiger partial charge in [-0.2, -0.15) is 0 Å². The van der Waals surface area contributed by atoms with Crippen molar-refractivity contribution in [3.05, 3.63) is 11.4 Å². The minimum Gasteiger partial charge on any atom is -0.476 e. The molecule has 0 unspecified atom stereocenters. The lowest BCUT2D eigenvalue weighted by Gasteiger charge is -2.05. The number of methoxy groups -OCH3 is 1. The Bertz CT molecular complexity index is 415. The van der Waals surface area contributed by atoms with Gasteiger partial charge in [-0.25, -0.2) is 9.48 Å². The highest BCUT2D eigenvalue weighted by molar-refractivity contribution is 5.86. The molecule has 0 aromatic carbocycles. The molecule has 1 aromatic rings. The van der Waals surface area contributed by atoms with Crippen LogP contribution in [-0.2, 0) is 22.7 Å². The Kier molecular flexibility index (Phi) is 4.58. The molecule has 8 heteroatoms. The fraction of sp³-hybridized carbons (Fsp3) is 0.556. The number of hydrogen-bond acceptors (Lipinski definition) is 5. The van der Waals surface area contributed by atoms with Crippen molar-refractivity contribution in [2.24, 2.45) is 0 Å². The zero-order valence-electron chi connectivity index (χ0n) is 9.63. The molecule has 0 radical (unpaired) electrons. The molecular weight excluding hydrogens is 228 g/mol. The van der Waals surface area contributed by atoms with Crippen LogP contribution in [0.2, 0.25) is 0 Å². The van der Waals surface area contributed by atoms with E-state index < -0.39 is 5.97 Å². The minimum absolute atomic E-state index is 0.0857. The molecule has 1 amide bonds. The largest absolute Gasteiger partial charge is 0.476 e. The standard InChI is InChI=1S/C9H14N4O4/c1-10-7(14)3-4-13-6(5-17-2)8(9(15)16)11-12-13/h3-5H2,1-2H3,(H,10,14)(H,15,16). The van der Waals surface area contributed by atoms with Crippen LogP contribution < -0.4 is 5.32 Å². The molecule has 0 fully saturated rings. The van der Waals surface area contributed by atoms with Gasteiger partial charge in [0.1, 0.15) is 0 Å². The summed E-state index contributed by atoms with van der Waals surface area (Å²) in [5.41, 5.74) is 0.202. The number of amides is 1. The maximum atomic E-state index is 11.1. The van der Waals surface area contributed by atoms with E-state index in [2.05, 4.69) is 15.6 Å². The van der Waals surface area contributed by atoms with E-state index >= 15 is 0 Å². The van der Waals surface area contributed by atoms with Crippen molar-refractivity contribution in [2.45, 2.75) is 19.6 Å². The third kappa shape index (κ3) is 3.25. The second-order valence-corrected chi connectivity index (χ2v) is 3.27. The number of aryl methyl sites for hydroxylation is 1. The van der Waals surface area contributed by atoms with Crippen LogP contribution in [0, 0.1) is 0 Å². The number of nitrogens with zero attached hydrogens (tertiary/aromatic N) is 3. The van der Waals surface area contributed by atoms with Gasteiger partial charge in [0.15, 0.2) is 5.69 Å². The van der Waals surface area contributed by atoms with Crippen molar-refractivity contribution < 1.29 is 19.4 Å². The summed E-state index contributed by atoms with van der Waals surface area (Å²) in [5, 5.41) is 18.6. The predicted octanol–water partition coefficient (Wildman–Crippen LogP) is -0.741. The molecule has 2 N–H and O–H groups in total. The van der Waals surface area contributed by atoms with Crippen LogP contribution in [-0.4, -0.2) is 46.1 Å². The van der Waals surface area contributed by atoms with Crippen molar-refractivity contribution in [2.75, 3.05) is 14.2 Å². The summed E-state index contributed by atoms with van der Waals surface area (Å²) in [6, 6.07) is 0. The highest BCUT2D eigenvalue weighted by Crippen LogP contribution is 2.07. The Labute approximate surface area is 97.6 Å². The summed E-state index contributed by atoms with van der Waals surface area (Å²) in [6.45, 7) is 0.348. The third-order valence-corrected chi connectivity index (χ3v) is 2.15. The summed E-state index contributed by atoms with van der Waals surface area (Å²) in [5.74, 6) is -1.32. The third-order valence-electron chi connectivity index (χ3n) is 2.15. The molecule has 0 bridgehead atoms. The van der Waals surface area contributed by atoms with E-state index in [4.69, 9.17) is 9.84 Å². The van der Waals surface area contributed by atoms with Crippen molar-refractivity contribution in [3.63, 3.8) is 0 Å². The van der Waals surface area contributed by atoms with Gasteiger partial charge in [0, 0.05) is 20.6 Å². The first kappa shape index (κ1) is 13.1. The molecule has 0 saturated carbocycles. The predicted molar refractivity (Wildman–Crippen MR) is 56.4 cm³/mol. The first-order valence-electron chi connectivity index (χ1n) is 4.95. The first-order chi connectivity index (χ1) is 8.10. The molecule has 0 aliphatic heterocycles. The topological polar surface area (TPSA) is 106 Å². The van der Waals surface area contributed by atoms with Gasteiger partial charge in [-0.15, -0.1) is 5.10 Å². The van der Waals surface area contributed by atoms with Crippen LogP contribution >= 0.6 is 0 Å². The molecule has 0 saturated heterocycles. The highest BCUT2D eigenvalue weighted by Gasteiger charge is 2.18. The van der Waals surface area contributed by atoms with Crippen molar-refractivity contribution in [1.82, 2.24) is 20.3 Å². The van der Waals surface area contributed by atoms with Crippen molar-refractivity contribution in [1.29, 1.82) is 0 Å². The van der Waals surface area contributed by atoms with Gasteiger partial charge in [-0.3, -0.25) is 4.79 Å². The van der Waals surface area contributed by atoms with Crippen LogP contribution in [0.3, 0.4) is 0 Å². The first-order valence-corrected chi connectivity index (χ1v) is 4.95. The zero-order chi connectivity index (χ0) is 12.8. The van der Waals surface area contributed by atoms with Crippen molar-refractivity contribution >= 4 is 11.9 Å². The molecule has 0 spiro atoms. The molecule has 8 nitrogen and oxygen atoms in total. The van der Waals surface area contributed by atoms with Gasteiger partial charge >= 0.3 is 5.97 Å². The average molecular weight is 242 g/mol. The maximum Gasteiger partial charge on any atom is 0.358 e. The van der Waals surface area contributed by atoms with Gasteiger partial charge < -0.3 is 15.2 Å². The Morgan fingerprint density at radius 3 is 2.76 bits per heavy atom. The van der Waals surface area contributed by atoms with Crippen LogP contribution in [0.4, 0.5) is 0 Å². The number of rotatable bonds is 6. The number of carboxylic acid groups (broad SMARTS) is 1. The van der Waals surface area contributed by atoms with E-state index in [0.717, 1.165) is 0 Å². The van der Waals surface area contributed by atoms with Crippen molar-refractivity contribution in [3.8, 4) is 0 Å². The smallest absolute Gasteiger partial charge is 0.358 e. The minimum atomic E-state index is -1.16. The molecule has 1 heterocycles. The summed E-state index contributed by atoms with van der Waals surface area (Å²) in [6.07, 6.45) is 0.204. The highest BCUT2D eigenvalue weighted by atomic mass is 16.5. The lowest BCUT2D eigenvalue weighted by atomic mass is 10.3. The number of ether oxygens (including phenoxy) is 1. The second kappa shape index (κ2) is 5.94. The van der Waals surface area contributed by atoms with Crippen LogP contribution in [0.1, 0.15) is 22.6 Å². The number of hydrogen-bond donors (Lipinski definition) is 2. The fourth-order valence-corrected chi connectivity index (χ4v) is 1.29. The van der Waals surface area contributed by atoms with Gasteiger partial charge in [-0.05, 0) is 0 Å². The average Bonchev–Trinajstić information content (AvgIpc) is 2.70. The number of aromatic nitrogens is 3. The molecule has 0 atom stereocenters. The van der Waals surface area contributed by atoms with Crippen LogP contribution in [0.15, 0.2) is 0 Å². The Balaban J connectivity index is 2.84. The summed E-state index contributed by atoms with van der Waals surface area (Å²) in [7, 11) is 2.98. The zero-order valence-corrected chi connectivity index (χ0v) is 9.63. The fourth-order valence-electron chi connectivity index (χ4n) is 1.29. The van der Waals surface area contributed by atoms with E-state index in [1.165, 1.54) is 18.8 Å². The molecule has 94 valence electrons. The molecule has 0 aliphatic rings. The Hall–Kier alpha value is -1.96. The maximum absolute atomic E-state index is 11.1. The van der Waals surface area contributed by atoms with E-state index in [-0.39, 0.29) is 31.2 Å². The quantitative estimate of drug-likeness (QED) is 0.680. The number of carbonyl (C=O) groups is 2. The number of aromatic carboxylic acids is 1. The summed E-state index contributed by atoms with van der Waals surface area (Å²) in [4.78, 5) is 21.9. The molecular formula is C9H14N4O4. The lowest BCUT2D eigenvalue weighted by Crippen LogP contribution is -2.20. The number of carbonyl (C=O) groups excluding carboxylic acids is 1.